The summed E-state index contributed by atoms with van der Waals surface area (Å²) in [6.45, 7) is 0.219. The third-order valence-electron chi connectivity index (χ3n) is 2.60. The Morgan fingerprint density at radius 2 is 2.15 bits per heavy atom. The maximum absolute atomic E-state index is 10.6. The molecular formula is C12H11N3O4S. The largest absolute Gasteiger partial charge is 0.454 e. The van der Waals surface area contributed by atoms with Crippen molar-refractivity contribution in [1.29, 1.82) is 0 Å². The molecule has 0 atom stereocenters. The predicted octanol–water partition coefficient (Wildman–Crippen LogP) is 1.43. The molecule has 20 heavy (non-hydrogen) atoms. The van der Waals surface area contributed by atoms with Crippen LogP contribution in [0.3, 0.4) is 0 Å². The molecular weight excluding hydrogens is 282 g/mol. The van der Waals surface area contributed by atoms with Gasteiger partial charge in [0.15, 0.2) is 11.5 Å². The Bertz CT molecular complexity index is 643. The van der Waals surface area contributed by atoms with Crippen molar-refractivity contribution in [3.8, 4) is 23.0 Å². The first-order chi connectivity index (χ1) is 9.72. The van der Waals surface area contributed by atoms with Gasteiger partial charge >= 0.3 is 0 Å². The molecule has 2 heterocycles. The molecule has 0 aliphatic carbocycles. The highest BCUT2D eigenvalue weighted by atomic mass is 32.2. The molecule has 1 amide bonds. The minimum absolute atomic E-state index is 0.219. The number of primary amides is 1. The Balaban J connectivity index is 1.71. The number of rotatable bonds is 5. The monoisotopic (exact) mass is 293 g/mol. The summed E-state index contributed by atoms with van der Waals surface area (Å²) in [5.74, 6) is 1.91. The number of hydrogen-bond donors (Lipinski definition) is 1. The van der Waals surface area contributed by atoms with E-state index >= 15 is 0 Å². The smallest absolute Gasteiger partial charge is 0.276 e. The number of nitrogens with zero attached hydrogens (tertiary/aromatic N) is 2. The van der Waals surface area contributed by atoms with E-state index in [4.69, 9.17) is 19.6 Å². The number of aromatic nitrogens is 2. The van der Waals surface area contributed by atoms with Gasteiger partial charge in [0.1, 0.15) is 0 Å². The van der Waals surface area contributed by atoms with Gasteiger partial charge in [0, 0.05) is 17.7 Å². The molecule has 1 aromatic heterocycles. The Morgan fingerprint density at radius 3 is 3.00 bits per heavy atom. The number of carbonyl (C=O) groups is 1. The van der Waals surface area contributed by atoms with Crippen molar-refractivity contribution in [1.82, 2.24) is 10.2 Å². The molecule has 2 aromatic rings. The summed E-state index contributed by atoms with van der Waals surface area (Å²) < 4.78 is 16.0. The summed E-state index contributed by atoms with van der Waals surface area (Å²) in [4.78, 5) is 10.6. The van der Waals surface area contributed by atoms with Crippen LogP contribution in [0.25, 0.3) is 11.5 Å². The van der Waals surface area contributed by atoms with E-state index in [0.29, 0.717) is 28.4 Å². The summed E-state index contributed by atoms with van der Waals surface area (Å²) >= 11 is 1.29. The Kier molecular flexibility index (Phi) is 3.46. The number of amides is 1. The summed E-state index contributed by atoms with van der Waals surface area (Å²) in [6, 6.07) is 5.40. The van der Waals surface area contributed by atoms with Crippen LogP contribution in [0, 0.1) is 0 Å². The molecule has 3 rings (SSSR count). The minimum atomic E-state index is -0.354. The van der Waals surface area contributed by atoms with Crippen molar-refractivity contribution in [2.24, 2.45) is 5.73 Å². The highest BCUT2D eigenvalue weighted by Gasteiger charge is 2.16. The van der Waals surface area contributed by atoms with Gasteiger partial charge in [-0.3, -0.25) is 4.79 Å². The van der Waals surface area contributed by atoms with Crippen LogP contribution < -0.4 is 15.2 Å². The number of benzene rings is 1. The lowest BCUT2D eigenvalue weighted by molar-refractivity contribution is -0.117. The van der Waals surface area contributed by atoms with E-state index in [-0.39, 0.29) is 19.1 Å². The molecule has 0 bridgehead atoms. The second-order valence-electron chi connectivity index (χ2n) is 4.01. The summed E-state index contributed by atoms with van der Waals surface area (Å²) in [7, 11) is 0. The van der Waals surface area contributed by atoms with E-state index in [0.717, 1.165) is 5.56 Å². The number of hydrogen-bond acceptors (Lipinski definition) is 7. The van der Waals surface area contributed by atoms with E-state index in [1.807, 2.05) is 6.07 Å². The summed E-state index contributed by atoms with van der Waals surface area (Å²) in [6.07, 6.45) is 0.270. The fourth-order valence-corrected chi connectivity index (χ4v) is 2.37. The van der Waals surface area contributed by atoms with Gasteiger partial charge < -0.3 is 19.6 Å². The lowest BCUT2D eigenvalue weighted by atomic mass is 10.2. The van der Waals surface area contributed by atoms with Crippen LogP contribution in [0.15, 0.2) is 27.8 Å². The fourth-order valence-electron chi connectivity index (χ4n) is 1.65. The SMILES string of the molecule is NC(=O)CCSc1nnc(-c2ccc3c(c2)OCO3)o1. The predicted molar refractivity (Wildman–Crippen MR) is 70.4 cm³/mol. The molecule has 0 unspecified atom stereocenters. The van der Waals surface area contributed by atoms with Crippen LogP contribution in [0.2, 0.25) is 0 Å². The summed E-state index contributed by atoms with van der Waals surface area (Å²) in [5, 5.41) is 8.27. The van der Waals surface area contributed by atoms with Gasteiger partial charge in [-0.15, -0.1) is 10.2 Å². The molecule has 0 fully saturated rings. The third-order valence-corrected chi connectivity index (χ3v) is 3.42. The minimum Gasteiger partial charge on any atom is -0.454 e. The molecule has 0 spiro atoms. The van der Waals surface area contributed by atoms with Crippen molar-refractivity contribution in [2.45, 2.75) is 11.6 Å². The molecule has 0 saturated heterocycles. The van der Waals surface area contributed by atoms with Crippen molar-refractivity contribution in [3.63, 3.8) is 0 Å². The first kappa shape index (κ1) is 12.8. The zero-order chi connectivity index (χ0) is 13.9. The molecule has 1 aliphatic heterocycles. The molecule has 7 nitrogen and oxygen atoms in total. The van der Waals surface area contributed by atoms with Crippen LogP contribution in [0.5, 0.6) is 11.5 Å². The van der Waals surface area contributed by atoms with E-state index in [1.54, 1.807) is 12.1 Å². The highest BCUT2D eigenvalue weighted by Crippen LogP contribution is 2.35. The van der Waals surface area contributed by atoms with Gasteiger partial charge in [-0.1, -0.05) is 11.8 Å². The van der Waals surface area contributed by atoms with Gasteiger partial charge in [0.25, 0.3) is 5.22 Å². The lowest BCUT2D eigenvalue weighted by Crippen LogP contribution is -2.10. The quantitative estimate of drug-likeness (QED) is 0.832. The van der Waals surface area contributed by atoms with Crippen molar-refractivity contribution >= 4 is 17.7 Å². The normalized spacial score (nSPS) is 12.6. The molecule has 0 saturated carbocycles. The van der Waals surface area contributed by atoms with E-state index in [2.05, 4.69) is 10.2 Å². The van der Waals surface area contributed by atoms with E-state index < -0.39 is 0 Å². The molecule has 1 aromatic carbocycles. The number of nitrogens with two attached hydrogens (primary N) is 1. The standard InChI is InChI=1S/C12H11N3O4S/c13-10(16)3-4-20-12-15-14-11(19-12)7-1-2-8-9(5-7)18-6-17-8/h1-2,5H,3-4,6H2,(H2,13,16). The topological polar surface area (TPSA) is 100 Å². The van der Waals surface area contributed by atoms with Crippen LogP contribution >= 0.6 is 11.8 Å². The van der Waals surface area contributed by atoms with Crippen LogP contribution in [0.1, 0.15) is 6.42 Å². The van der Waals surface area contributed by atoms with E-state index in [1.165, 1.54) is 11.8 Å². The average Bonchev–Trinajstić information content (AvgIpc) is 3.05. The van der Waals surface area contributed by atoms with Gasteiger partial charge in [-0.05, 0) is 18.2 Å². The molecule has 0 radical (unpaired) electrons. The van der Waals surface area contributed by atoms with Crippen molar-refractivity contribution in [2.75, 3.05) is 12.5 Å². The first-order valence-corrected chi connectivity index (χ1v) is 6.85. The van der Waals surface area contributed by atoms with E-state index in [9.17, 15) is 4.79 Å². The first-order valence-electron chi connectivity index (χ1n) is 5.87. The van der Waals surface area contributed by atoms with Gasteiger partial charge in [-0.2, -0.15) is 0 Å². The van der Waals surface area contributed by atoms with Crippen molar-refractivity contribution < 1.29 is 18.7 Å². The van der Waals surface area contributed by atoms with Crippen molar-refractivity contribution in [3.05, 3.63) is 18.2 Å². The second kappa shape index (κ2) is 5.41. The molecule has 1 aliphatic rings. The fraction of sp³-hybridized carbons (Fsp3) is 0.250. The maximum Gasteiger partial charge on any atom is 0.276 e. The Labute approximate surface area is 118 Å². The number of fused-ring (bicyclic) bond motifs is 1. The van der Waals surface area contributed by atoms with Gasteiger partial charge in [0.05, 0.1) is 0 Å². The zero-order valence-electron chi connectivity index (χ0n) is 10.4. The van der Waals surface area contributed by atoms with Crippen LogP contribution in [-0.2, 0) is 4.79 Å². The number of ether oxygens (including phenoxy) is 2. The summed E-state index contributed by atoms with van der Waals surface area (Å²) in [5.41, 5.74) is 5.81. The van der Waals surface area contributed by atoms with Gasteiger partial charge in [0.2, 0.25) is 18.6 Å². The maximum atomic E-state index is 10.6. The highest BCUT2D eigenvalue weighted by molar-refractivity contribution is 7.99. The van der Waals surface area contributed by atoms with Crippen LogP contribution in [-0.4, -0.2) is 28.7 Å². The number of thioether (sulfide) groups is 1. The number of carbonyl (C=O) groups excluding carboxylic acids is 1. The molecule has 8 heteroatoms. The van der Waals surface area contributed by atoms with Gasteiger partial charge in [-0.25, -0.2) is 0 Å². The second-order valence-corrected chi connectivity index (χ2v) is 5.05. The Hall–Kier alpha value is -2.22. The van der Waals surface area contributed by atoms with Crippen LogP contribution in [0.4, 0.5) is 0 Å². The third kappa shape index (κ3) is 2.69. The molecule has 104 valence electrons. The molecule has 2 N–H and O–H groups in total. The Morgan fingerprint density at radius 1 is 1.30 bits per heavy atom. The zero-order valence-corrected chi connectivity index (χ0v) is 11.2. The lowest BCUT2D eigenvalue weighted by Gasteiger charge is -1.97. The average molecular weight is 293 g/mol.